The molecule has 8 nitrogen and oxygen atoms in total. The predicted octanol–water partition coefficient (Wildman–Crippen LogP) is 3.34. The predicted molar refractivity (Wildman–Crippen MR) is 139 cm³/mol. The molecular formula is C24H27BF3N5O3S. The summed E-state index contributed by atoms with van der Waals surface area (Å²) in [6, 6.07) is 14.0. The minimum Gasteiger partial charge on any atom is -0.496 e. The average Bonchev–Trinajstić information content (AvgIpc) is 3.32. The number of hydrogen-bond acceptors (Lipinski definition) is 6. The molecule has 0 bridgehead atoms. The number of halogens is 3. The number of ether oxygens (including phenoxy) is 1. The van der Waals surface area contributed by atoms with E-state index in [0.717, 1.165) is 10.7 Å². The number of nitrogens with one attached hydrogen (secondary N) is 3. The van der Waals surface area contributed by atoms with Crippen LogP contribution in [0.1, 0.15) is 34.2 Å². The van der Waals surface area contributed by atoms with Crippen LogP contribution in [-0.4, -0.2) is 45.9 Å². The molecule has 37 heavy (non-hydrogen) atoms. The van der Waals surface area contributed by atoms with Crippen LogP contribution in [0.2, 0.25) is 6.82 Å². The molecule has 3 rings (SSSR count). The van der Waals surface area contributed by atoms with E-state index in [9.17, 15) is 23.0 Å². The third-order valence-electron chi connectivity index (χ3n) is 5.37. The van der Waals surface area contributed by atoms with Crippen LogP contribution in [0.25, 0.3) is 5.69 Å². The molecule has 1 atom stereocenters. The highest BCUT2D eigenvalue weighted by atomic mass is 32.1. The van der Waals surface area contributed by atoms with Crippen molar-refractivity contribution in [1.82, 2.24) is 25.6 Å². The number of methoxy groups -OCH3 is 1. The Balaban J connectivity index is 1.83. The monoisotopic (exact) mass is 533 g/mol. The van der Waals surface area contributed by atoms with Crippen molar-refractivity contribution < 1.29 is 27.7 Å². The number of hydrogen-bond donors (Lipinski definition) is 4. The standard InChI is InChI=1S/C24H27BF3N5O3S/c1-15(31-25(2)35)23(37)30-13-16-7-6-9-18(11-16)33-19(12-21(32-33)24(26,27)28)22(34)29-14-17-8-4-5-10-20(17)36-3/h4-12,15,31,35H,13-14H2,1-3H3,(H,29,34)(H,30,37)/t15-/m0/s1. The number of rotatable bonds is 10. The van der Waals surface area contributed by atoms with Gasteiger partial charge in [0.2, 0.25) is 0 Å². The fraction of sp³-hybridized carbons (Fsp3) is 0.292. The maximum Gasteiger partial charge on any atom is 0.435 e. The Morgan fingerprint density at radius 3 is 2.57 bits per heavy atom. The fourth-order valence-electron chi connectivity index (χ4n) is 3.57. The van der Waals surface area contributed by atoms with Crippen molar-refractivity contribution in [2.24, 2.45) is 0 Å². The van der Waals surface area contributed by atoms with E-state index in [0.29, 0.717) is 21.9 Å². The van der Waals surface area contributed by atoms with Crippen LogP contribution in [0.4, 0.5) is 13.2 Å². The summed E-state index contributed by atoms with van der Waals surface area (Å²) in [5, 5.41) is 21.7. The second-order valence-corrected chi connectivity index (χ2v) is 8.71. The van der Waals surface area contributed by atoms with E-state index in [1.807, 2.05) is 0 Å². The van der Waals surface area contributed by atoms with Crippen LogP contribution in [0.5, 0.6) is 5.75 Å². The lowest BCUT2D eigenvalue weighted by Crippen LogP contribution is -2.46. The third-order valence-corrected chi connectivity index (χ3v) is 5.87. The summed E-state index contributed by atoms with van der Waals surface area (Å²) < 4.78 is 46.7. The van der Waals surface area contributed by atoms with E-state index < -0.39 is 24.8 Å². The van der Waals surface area contributed by atoms with Crippen molar-refractivity contribution in [2.45, 2.75) is 39.1 Å². The number of thiocarbonyl (C=S) groups is 1. The van der Waals surface area contributed by atoms with Crippen molar-refractivity contribution in [3.05, 3.63) is 77.1 Å². The minimum atomic E-state index is -4.73. The number of carbonyl (C=O) groups is 1. The van der Waals surface area contributed by atoms with Gasteiger partial charge in [-0.1, -0.05) is 42.5 Å². The zero-order valence-corrected chi connectivity index (χ0v) is 21.3. The first-order chi connectivity index (χ1) is 17.5. The van der Waals surface area contributed by atoms with Crippen molar-refractivity contribution in [3.63, 3.8) is 0 Å². The van der Waals surface area contributed by atoms with Crippen LogP contribution in [-0.2, 0) is 19.3 Å². The molecule has 1 amide bonds. The molecule has 0 saturated heterocycles. The van der Waals surface area contributed by atoms with Gasteiger partial charge in [-0.25, -0.2) is 4.68 Å². The molecule has 2 aromatic carbocycles. The Morgan fingerprint density at radius 2 is 1.89 bits per heavy atom. The zero-order chi connectivity index (χ0) is 27.2. The highest BCUT2D eigenvalue weighted by Crippen LogP contribution is 2.30. The van der Waals surface area contributed by atoms with Crippen molar-refractivity contribution >= 4 is 30.2 Å². The molecular weight excluding hydrogens is 506 g/mol. The summed E-state index contributed by atoms with van der Waals surface area (Å²) in [5.74, 6) is -0.181. The molecule has 0 spiro atoms. The van der Waals surface area contributed by atoms with Gasteiger partial charge in [0.15, 0.2) is 5.69 Å². The maximum absolute atomic E-state index is 13.5. The summed E-state index contributed by atoms with van der Waals surface area (Å²) in [6.07, 6.45) is -4.73. The molecule has 0 radical (unpaired) electrons. The summed E-state index contributed by atoms with van der Waals surface area (Å²) in [5.41, 5.74) is 0.200. The number of alkyl halides is 3. The number of amides is 1. The lowest BCUT2D eigenvalue weighted by atomic mass is 9.87. The highest BCUT2D eigenvalue weighted by molar-refractivity contribution is 7.80. The Labute approximate surface area is 218 Å². The van der Waals surface area contributed by atoms with Crippen LogP contribution in [0, 0.1) is 0 Å². The van der Waals surface area contributed by atoms with Crippen molar-refractivity contribution in [2.75, 3.05) is 7.11 Å². The SMILES string of the molecule is COc1ccccc1CNC(=O)c1cc(C(F)(F)F)nn1-c1cccc(CNC(=S)[C@H](C)NB(C)O)c1. The first-order valence-electron chi connectivity index (χ1n) is 11.4. The quantitative estimate of drug-likeness (QED) is 0.234. The van der Waals surface area contributed by atoms with Gasteiger partial charge in [0.1, 0.15) is 11.4 Å². The number of nitrogens with zero attached hydrogens (tertiary/aromatic N) is 2. The van der Waals surface area contributed by atoms with Gasteiger partial charge >= 0.3 is 13.2 Å². The second kappa shape index (κ2) is 12.2. The van der Waals surface area contributed by atoms with Gasteiger partial charge in [-0.3, -0.25) is 4.79 Å². The van der Waals surface area contributed by atoms with E-state index >= 15 is 0 Å². The Morgan fingerprint density at radius 1 is 1.16 bits per heavy atom. The minimum absolute atomic E-state index is 0.0511. The topological polar surface area (TPSA) is 100 Å². The van der Waals surface area contributed by atoms with Gasteiger partial charge in [-0.05, 0) is 37.5 Å². The van der Waals surface area contributed by atoms with E-state index in [2.05, 4.69) is 21.0 Å². The van der Waals surface area contributed by atoms with E-state index in [1.54, 1.807) is 62.3 Å². The van der Waals surface area contributed by atoms with E-state index in [-0.39, 0.29) is 30.5 Å². The molecule has 4 N–H and O–H groups in total. The number of benzene rings is 2. The summed E-state index contributed by atoms with van der Waals surface area (Å²) in [6.45, 7) is 3.69. The van der Waals surface area contributed by atoms with Crippen LogP contribution in [0.15, 0.2) is 54.6 Å². The summed E-state index contributed by atoms with van der Waals surface area (Å²) in [4.78, 5) is 13.4. The third kappa shape index (κ3) is 7.54. The highest BCUT2D eigenvalue weighted by Gasteiger charge is 2.36. The zero-order valence-electron chi connectivity index (χ0n) is 20.5. The number of para-hydroxylation sites is 1. The summed E-state index contributed by atoms with van der Waals surface area (Å²) >= 11 is 5.32. The first kappa shape index (κ1) is 28.2. The molecule has 3 aromatic rings. The van der Waals surface area contributed by atoms with Gasteiger partial charge in [0.05, 0.1) is 17.8 Å². The number of aromatic nitrogens is 2. The average molecular weight is 533 g/mol. The van der Waals surface area contributed by atoms with Crippen LogP contribution >= 0.6 is 12.2 Å². The molecule has 1 aromatic heterocycles. The number of carbonyl (C=O) groups excluding carboxylic acids is 1. The van der Waals surface area contributed by atoms with Crippen molar-refractivity contribution in [1.29, 1.82) is 0 Å². The van der Waals surface area contributed by atoms with Gasteiger partial charge in [0, 0.05) is 30.8 Å². The smallest absolute Gasteiger partial charge is 0.435 e. The fourth-order valence-corrected chi connectivity index (χ4v) is 3.71. The Bertz CT molecular complexity index is 1250. The molecule has 13 heteroatoms. The summed E-state index contributed by atoms with van der Waals surface area (Å²) in [7, 11) is 0.748. The molecule has 0 fully saturated rings. The molecule has 1 heterocycles. The lowest BCUT2D eigenvalue weighted by Gasteiger charge is -2.17. The van der Waals surface area contributed by atoms with E-state index in [1.165, 1.54) is 7.11 Å². The molecule has 0 aliphatic heterocycles. The molecule has 196 valence electrons. The van der Waals surface area contributed by atoms with Gasteiger partial charge in [-0.15, -0.1) is 0 Å². The van der Waals surface area contributed by atoms with Gasteiger partial charge < -0.3 is 25.6 Å². The van der Waals surface area contributed by atoms with Gasteiger partial charge in [-0.2, -0.15) is 18.3 Å². The first-order valence-corrected chi connectivity index (χ1v) is 11.8. The molecule has 0 unspecified atom stereocenters. The molecule has 0 aliphatic rings. The van der Waals surface area contributed by atoms with E-state index in [4.69, 9.17) is 17.0 Å². The van der Waals surface area contributed by atoms with Crippen LogP contribution < -0.4 is 20.6 Å². The Kier molecular flexibility index (Phi) is 9.30. The lowest BCUT2D eigenvalue weighted by molar-refractivity contribution is -0.141. The second-order valence-electron chi connectivity index (χ2n) is 8.27. The maximum atomic E-state index is 13.5. The molecule has 0 aliphatic carbocycles. The van der Waals surface area contributed by atoms with Gasteiger partial charge in [0.25, 0.3) is 5.91 Å². The normalized spacial score (nSPS) is 12.1. The van der Waals surface area contributed by atoms with Crippen molar-refractivity contribution in [3.8, 4) is 11.4 Å². The molecule has 0 saturated carbocycles. The largest absolute Gasteiger partial charge is 0.496 e. The Hall–Kier alpha value is -3.42. The van der Waals surface area contributed by atoms with Crippen LogP contribution in [0.3, 0.4) is 0 Å².